The Hall–Kier alpha value is -2.33. The molecule has 37 heavy (non-hydrogen) atoms. The number of aromatic nitrogens is 1. The molecule has 2 aliphatic heterocycles. The van der Waals surface area contributed by atoms with E-state index in [0.29, 0.717) is 31.2 Å². The lowest BCUT2D eigenvalue weighted by Gasteiger charge is -2.39. The minimum atomic E-state index is -0.695. The number of aliphatic hydroxyl groups is 2. The zero-order valence-electron chi connectivity index (χ0n) is 21.8. The van der Waals surface area contributed by atoms with Crippen LogP contribution in [0.15, 0.2) is 24.3 Å². The summed E-state index contributed by atoms with van der Waals surface area (Å²) in [6, 6.07) is 7.56. The van der Waals surface area contributed by atoms with E-state index in [-0.39, 0.29) is 18.1 Å². The van der Waals surface area contributed by atoms with Crippen molar-refractivity contribution in [2.45, 2.75) is 69.6 Å². The Morgan fingerprint density at radius 3 is 2.86 bits per heavy atom. The molecule has 1 saturated carbocycles. The lowest BCUT2D eigenvalue weighted by atomic mass is 9.80. The van der Waals surface area contributed by atoms with Gasteiger partial charge in [0.15, 0.2) is 0 Å². The summed E-state index contributed by atoms with van der Waals surface area (Å²) in [6.45, 7) is 6.82. The molecular formula is C28H41N3O6. The van der Waals surface area contributed by atoms with Crippen LogP contribution in [0.5, 0.6) is 11.6 Å². The van der Waals surface area contributed by atoms with E-state index in [1.54, 1.807) is 6.07 Å². The number of H-pyrrole nitrogens is 1. The van der Waals surface area contributed by atoms with Crippen molar-refractivity contribution in [3.05, 3.63) is 24.3 Å². The summed E-state index contributed by atoms with van der Waals surface area (Å²) in [5.41, 5.74) is 0.155. The van der Waals surface area contributed by atoms with Gasteiger partial charge in [-0.3, -0.25) is 0 Å². The van der Waals surface area contributed by atoms with Crippen LogP contribution in [0.1, 0.15) is 51.9 Å². The van der Waals surface area contributed by atoms with Gasteiger partial charge in [0.05, 0.1) is 30.4 Å². The molecule has 2 aromatic rings. The SMILES string of the molecule is C[C@H]1CN(CCC2(O)CCC(NC(=O)Oc3cc4c(OCC5CCOC5)cccc4[nH]3)CC2)CC[C@@H]1O. The summed E-state index contributed by atoms with van der Waals surface area (Å²) in [7, 11) is 0. The van der Waals surface area contributed by atoms with Crippen molar-refractivity contribution in [2.24, 2.45) is 11.8 Å². The van der Waals surface area contributed by atoms with Crippen molar-refractivity contribution >= 4 is 17.0 Å². The first-order valence-corrected chi connectivity index (χ1v) is 13.8. The number of aromatic amines is 1. The maximum Gasteiger partial charge on any atom is 0.414 e. The monoisotopic (exact) mass is 515 g/mol. The fraction of sp³-hybridized carbons (Fsp3) is 0.679. The molecule has 1 amide bonds. The van der Waals surface area contributed by atoms with Gasteiger partial charge in [-0.2, -0.15) is 0 Å². The summed E-state index contributed by atoms with van der Waals surface area (Å²) >= 11 is 0. The molecule has 0 bridgehead atoms. The summed E-state index contributed by atoms with van der Waals surface area (Å²) in [4.78, 5) is 18.1. The van der Waals surface area contributed by atoms with Crippen molar-refractivity contribution in [1.82, 2.24) is 15.2 Å². The van der Waals surface area contributed by atoms with E-state index in [2.05, 4.69) is 22.1 Å². The van der Waals surface area contributed by atoms with Gasteiger partial charge in [-0.1, -0.05) is 13.0 Å². The molecule has 4 N–H and O–H groups in total. The van der Waals surface area contributed by atoms with Crippen molar-refractivity contribution < 1.29 is 29.2 Å². The lowest BCUT2D eigenvalue weighted by molar-refractivity contribution is -0.0271. The number of hydrogen-bond donors (Lipinski definition) is 4. The first-order valence-electron chi connectivity index (χ1n) is 13.8. The largest absolute Gasteiger partial charge is 0.493 e. The molecule has 5 rings (SSSR count). The average molecular weight is 516 g/mol. The number of aliphatic hydroxyl groups excluding tert-OH is 1. The summed E-state index contributed by atoms with van der Waals surface area (Å²) in [6.07, 6.45) is 4.58. The molecule has 3 aliphatic rings. The zero-order valence-corrected chi connectivity index (χ0v) is 21.8. The maximum absolute atomic E-state index is 12.6. The van der Waals surface area contributed by atoms with Gasteiger partial charge < -0.3 is 39.6 Å². The van der Waals surface area contributed by atoms with Crippen molar-refractivity contribution in [1.29, 1.82) is 0 Å². The van der Waals surface area contributed by atoms with Crippen LogP contribution in [0.4, 0.5) is 4.79 Å². The van der Waals surface area contributed by atoms with E-state index in [9.17, 15) is 15.0 Å². The summed E-state index contributed by atoms with van der Waals surface area (Å²) < 4.78 is 17.0. The van der Waals surface area contributed by atoms with Crippen molar-refractivity contribution in [3.63, 3.8) is 0 Å². The Bertz CT molecular complexity index is 1040. The number of piperidine rings is 1. The van der Waals surface area contributed by atoms with E-state index in [1.165, 1.54) is 0 Å². The maximum atomic E-state index is 12.6. The second-order valence-corrected chi connectivity index (χ2v) is 11.3. The van der Waals surface area contributed by atoms with E-state index in [4.69, 9.17) is 14.2 Å². The Labute approximate surface area is 218 Å². The number of nitrogens with zero attached hydrogens (tertiary/aromatic N) is 1. The van der Waals surface area contributed by atoms with Crippen LogP contribution in [0.3, 0.4) is 0 Å². The minimum absolute atomic E-state index is 0.0187. The number of hydrogen-bond acceptors (Lipinski definition) is 7. The third kappa shape index (κ3) is 6.76. The fourth-order valence-electron chi connectivity index (χ4n) is 5.84. The van der Waals surface area contributed by atoms with E-state index < -0.39 is 11.7 Å². The standard InChI is InChI=1S/C28H41N3O6/c1-19-16-31(12-7-24(19)32)13-11-28(34)9-5-21(6-10-28)29-27(33)37-26-15-22-23(30-26)3-2-4-25(22)36-18-20-8-14-35-17-20/h2-4,15,19-21,24,30,32,34H,5-14,16-18H2,1H3,(H,29,33)/t19-,20?,21?,24-,28?/m0/s1. The third-order valence-corrected chi connectivity index (χ3v) is 8.38. The van der Waals surface area contributed by atoms with Crippen LogP contribution in [0.2, 0.25) is 0 Å². The van der Waals surface area contributed by atoms with Crippen LogP contribution < -0.4 is 14.8 Å². The normalized spacial score (nSPS) is 30.9. The quantitative estimate of drug-likeness (QED) is 0.426. The molecule has 9 nitrogen and oxygen atoms in total. The van der Waals surface area contributed by atoms with E-state index in [0.717, 1.165) is 81.6 Å². The number of carbonyl (C=O) groups is 1. The number of carbonyl (C=O) groups excluding carboxylic acids is 1. The number of benzene rings is 1. The number of likely N-dealkylation sites (tertiary alicyclic amines) is 1. The van der Waals surface area contributed by atoms with Crippen LogP contribution >= 0.6 is 0 Å². The van der Waals surface area contributed by atoms with E-state index in [1.807, 2.05) is 18.2 Å². The first kappa shape index (κ1) is 26.3. The van der Waals surface area contributed by atoms with Gasteiger partial charge in [0.2, 0.25) is 5.88 Å². The second kappa shape index (κ2) is 11.6. The highest BCUT2D eigenvalue weighted by atomic mass is 16.6. The van der Waals surface area contributed by atoms with Gasteiger partial charge in [0.25, 0.3) is 0 Å². The second-order valence-electron chi connectivity index (χ2n) is 11.3. The van der Waals surface area contributed by atoms with Gasteiger partial charge in [0.1, 0.15) is 5.75 Å². The molecule has 1 aliphatic carbocycles. The van der Waals surface area contributed by atoms with Gasteiger partial charge in [0, 0.05) is 49.7 Å². The number of ether oxygens (including phenoxy) is 3. The minimum Gasteiger partial charge on any atom is -0.493 e. The Balaban J connectivity index is 1.07. The molecule has 2 saturated heterocycles. The predicted octanol–water partition coefficient (Wildman–Crippen LogP) is 3.44. The van der Waals surface area contributed by atoms with Gasteiger partial charge >= 0.3 is 6.09 Å². The van der Waals surface area contributed by atoms with Crippen LogP contribution in [0.25, 0.3) is 10.9 Å². The topological polar surface area (TPSA) is 116 Å². The summed E-state index contributed by atoms with van der Waals surface area (Å²) in [5, 5.41) is 24.9. The molecule has 0 spiro atoms. The highest BCUT2D eigenvalue weighted by Gasteiger charge is 2.35. The summed E-state index contributed by atoms with van der Waals surface area (Å²) in [5.74, 6) is 1.82. The smallest absolute Gasteiger partial charge is 0.414 e. The highest BCUT2D eigenvalue weighted by Crippen LogP contribution is 2.33. The van der Waals surface area contributed by atoms with Gasteiger partial charge in [-0.05, 0) is 63.0 Å². The molecule has 204 valence electrons. The van der Waals surface area contributed by atoms with Crippen molar-refractivity contribution in [2.75, 3.05) is 39.5 Å². The Morgan fingerprint density at radius 1 is 1.27 bits per heavy atom. The molecule has 1 unspecified atom stereocenters. The molecule has 0 radical (unpaired) electrons. The van der Waals surface area contributed by atoms with Crippen LogP contribution in [0, 0.1) is 11.8 Å². The number of fused-ring (bicyclic) bond motifs is 1. The first-order chi connectivity index (χ1) is 17.9. The molecule has 3 fully saturated rings. The molecule has 3 atom stereocenters. The molecular weight excluding hydrogens is 474 g/mol. The lowest BCUT2D eigenvalue weighted by Crippen LogP contribution is -2.47. The van der Waals surface area contributed by atoms with E-state index >= 15 is 0 Å². The zero-order chi connectivity index (χ0) is 25.8. The molecule has 3 heterocycles. The molecule has 9 heteroatoms. The Morgan fingerprint density at radius 2 is 2.11 bits per heavy atom. The Kier molecular flexibility index (Phi) is 8.24. The fourth-order valence-corrected chi connectivity index (χ4v) is 5.84. The highest BCUT2D eigenvalue weighted by molar-refractivity contribution is 5.88. The molecule has 1 aromatic heterocycles. The van der Waals surface area contributed by atoms with Gasteiger partial charge in [-0.15, -0.1) is 0 Å². The van der Waals surface area contributed by atoms with Crippen LogP contribution in [-0.2, 0) is 4.74 Å². The number of rotatable bonds is 8. The third-order valence-electron chi connectivity index (χ3n) is 8.38. The number of nitrogens with one attached hydrogen (secondary N) is 2. The van der Waals surface area contributed by atoms with Crippen molar-refractivity contribution in [3.8, 4) is 11.6 Å². The predicted molar refractivity (Wildman–Crippen MR) is 140 cm³/mol. The van der Waals surface area contributed by atoms with Gasteiger partial charge in [-0.25, -0.2) is 4.79 Å². The number of amides is 1. The molecule has 1 aromatic carbocycles. The average Bonchev–Trinajstić information content (AvgIpc) is 3.55. The van der Waals surface area contributed by atoms with Crippen LogP contribution in [-0.4, -0.2) is 83.4 Å².